The zero-order valence-corrected chi connectivity index (χ0v) is 15.5. The third-order valence-electron chi connectivity index (χ3n) is 3.52. The first-order valence-electron chi connectivity index (χ1n) is 7.36. The van der Waals surface area contributed by atoms with Gasteiger partial charge in [-0.15, -0.1) is 0 Å². The maximum absolute atomic E-state index is 12.6. The largest absolute Gasteiger partial charge is 0.495 e. The van der Waals surface area contributed by atoms with Gasteiger partial charge in [0.2, 0.25) is 0 Å². The number of anilines is 1. The first kappa shape index (κ1) is 18.0. The number of halogens is 2. The van der Waals surface area contributed by atoms with Crippen LogP contribution in [0.3, 0.4) is 0 Å². The van der Waals surface area contributed by atoms with Gasteiger partial charge in [-0.1, -0.05) is 23.2 Å². The second kappa shape index (κ2) is 7.19. The average Bonchev–Trinajstić information content (AvgIpc) is 2.79. The van der Waals surface area contributed by atoms with Gasteiger partial charge in [-0.25, -0.2) is 8.42 Å². The lowest BCUT2D eigenvalue weighted by Gasteiger charge is -2.14. The molecule has 0 spiro atoms. The summed E-state index contributed by atoms with van der Waals surface area (Å²) in [7, 11) is -2.44. The Morgan fingerprint density at radius 1 is 1.04 bits per heavy atom. The summed E-state index contributed by atoms with van der Waals surface area (Å²) in [6, 6.07) is 7.21. The Morgan fingerprint density at radius 3 is 2.36 bits per heavy atom. The lowest BCUT2D eigenvalue weighted by Crippen LogP contribution is -2.13. The van der Waals surface area contributed by atoms with Gasteiger partial charge in [0.1, 0.15) is 5.75 Å². The number of nitrogens with one attached hydrogen (secondary N) is 1. The van der Waals surface area contributed by atoms with E-state index in [1.807, 2.05) is 0 Å². The van der Waals surface area contributed by atoms with Gasteiger partial charge in [-0.3, -0.25) is 4.72 Å². The fourth-order valence-corrected chi connectivity index (χ4v) is 3.96. The van der Waals surface area contributed by atoms with E-state index in [0.29, 0.717) is 30.5 Å². The highest BCUT2D eigenvalue weighted by atomic mass is 35.5. The molecule has 0 amide bonds. The Kier molecular flexibility index (Phi) is 5.17. The number of fused-ring (bicyclic) bond motifs is 1. The number of benzene rings is 2. The molecule has 1 aliphatic heterocycles. The molecule has 1 heterocycles. The van der Waals surface area contributed by atoms with Crippen molar-refractivity contribution in [2.45, 2.75) is 11.3 Å². The zero-order chi connectivity index (χ0) is 18.0. The van der Waals surface area contributed by atoms with Crippen LogP contribution < -0.4 is 18.9 Å². The first-order valence-corrected chi connectivity index (χ1v) is 9.60. The molecular weight excluding hydrogens is 389 g/mol. The van der Waals surface area contributed by atoms with Crippen LogP contribution in [0.25, 0.3) is 0 Å². The van der Waals surface area contributed by atoms with Crippen molar-refractivity contribution in [2.24, 2.45) is 0 Å². The van der Waals surface area contributed by atoms with Crippen molar-refractivity contribution in [3.8, 4) is 17.2 Å². The number of hydrogen-bond acceptors (Lipinski definition) is 5. The van der Waals surface area contributed by atoms with E-state index in [4.69, 9.17) is 37.4 Å². The van der Waals surface area contributed by atoms with Crippen molar-refractivity contribution in [2.75, 3.05) is 25.0 Å². The molecule has 0 saturated carbocycles. The normalized spacial score (nSPS) is 13.9. The standard InChI is InChI=1S/C16H15Cl2NO5S/c1-22-14-4-3-10(7-12(14)18)25(20,21)19-13-9-16-15(8-11(13)17)23-5-2-6-24-16/h3-4,7-9,19H,2,5-6H2,1H3. The summed E-state index contributed by atoms with van der Waals surface area (Å²) in [5.41, 5.74) is 0.192. The second-order valence-corrected chi connectivity index (χ2v) is 7.73. The van der Waals surface area contributed by atoms with E-state index in [2.05, 4.69) is 4.72 Å². The van der Waals surface area contributed by atoms with Crippen LogP contribution >= 0.6 is 23.2 Å². The van der Waals surface area contributed by atoms with Crippen LogP contribution in [0.5, 0.6) is 17.2 Å². The quantitative estimate of drug-likeness (QED) is 0.835. The van der Waals surface area contributed by atoms with E-state index in [0.717, 1.165) is 6.42 Å². The van der Waals surface area contributed by atoms with Crippen molar-refractivity contribution in [3.05, 3.63) is 40.4 Å². The van der Waals surface area contributed by atoms with Gasteiger partial charge in [0.05, 0.1) is 41.0 Å². The van der Waals surface area contributed by atoms with Crippen molar-refractivity contribution < 1.29 is 22.6 Å². The van der Waals surface area contributed by atoms with Crippen molar-refractivity contribution in [1.29, 1.82) is 0 Å². The monoisotopic (exact) mass is 403 g/mol. The molecule has 0 atom stereocenters. The molecule has 0 fully saturated rings. The van der Waals surface area contributed by atoms with Gasteiger partial charge in [0.25, 0.3) is 10.0 Å². The number of rotatable bonds is 4. The molecule has 0 radical (unpaired) electrons. The molecule has 3 rings (SSSR count). The minimum Gasteiger partial charge on any atom is -0.495 e. The van der Waals surface area contributed by atoms with E-state index in [1.165, 1.54) is 37.4 Å². The number of sulfonamides is 1. The SMILES string of the molecule is COc1ccc(S(=O)(=O)Nc2cc3c(cc2Cl)OCCCO3)cc1Cl. The highest BCUT2D eigenvalue weighted by Crippen LogP contribution is 2.38. The second-order valence-electron chi connectivity index (χ2n) is 5.23. The van der Waals surface area contributed by atoms with Gasteiger partial charge in [-0.2, -0.15) is 0 Å². The number of hydrogen-bond donors (Lipinski definition) is 1. The van der Waals surface area contributed by atoms with Crippen LogP contribution in [0.1, 0.15) is 6.42 Å². The predicted octanol–water partition coefficient (Wildman–Crippen LogP) is 3.96. The Morgan fingerprint density at radius 2 is 1.72 bits per heavy atom. The molecule has 2 aromatic carbocycles. The molecule has 1 aliphatic rings. The summed E-state index contributed by atoms with van der Waals surface area (Å²) in [4.78, 5) is -0.0125. The summed E-state index contributed by atoms with van der Waals surface area (Å²) < 4.78 is 43.7. The fourth-order valence-electron chi connectivity index (χ4n) is 2.28. The molecule has 0 aromatic heterocycles. The Balaban J connectivity index is 1.93. The summed E-state index contributed by atoms with van der Waals surface area (Å²) in [5.74, 6) is 1.31. The molecule has 1 N–H and O–H groups in total. The molecule has 9 heteroatoms. The highest BCUT2D eigenvalue weighted by Gasteiger charge is 2.20. The van der Waals surface area contributed by atoms with E-state index in [-0.39, 0.29) is 20.6 Å². The molecule has 0 unspecified atom stereocenters. The first-order chi connectivity index (χ1) is 11.9. The van der Waals surface area contributed by atoms with Crippen molar-refractivity contribution >= 4 is 38.9 Å². The molecule has 6 nitrogen and oxygen atoms in total. The Hall–Kier alpha value is -1.83. The summed E-state index contributed by atoms with van der Waals surface area (Å²) in [6.45, 7) is 0.994. The number of methoxy groups -OCH3 is 1. The summed E-state index contributed by atoms with van der Waals surface area (Å²) in [5, 5.41) is 0.391. The maximum atomic E-state index is 12.6. The Bertz CT molecular complexity index is 902. The van der Waals surface area contributed by atoms with Crippen molar-refractivity contribution in [3.63, 3.8) is 0 Å². The van der Waals surface area contributed by atoms with Gasteiger partial charge in [0, 0.05) is 18.6 Å². The third-order valence-corrected chi connectivity index (χ3v) is 5.49. The smallest absolute Gasteiger partial charge is 0.261 e. The molecule has 25 heavy (non-hydrogen) atoms. The lowest BCUT2D eigenvalue weighted by atomic mass is 10.3. The zero-order valence-electron chi connectivity index (χ0n) is 13.2. The van der Waals surface area contributed by atoms with Crippen LogP contribution in [0, 0.1) is 0 Å². The lowest BCUT2D eigenvalue weighted by molar-refractivity contribution is 0.297. The minimum absolute atomic E-state index is 0.0125. The van der Waals surface area contributed by atoms with Crippen molar-refractivity contribution in [1.82, 2.24) is 0 Å². The van der Waals surface area contributed by atoms with Crippen LogP contribution in [0.4, 0.5) is 5.69 Å². The van der Waals surface area contributed by atoms with Crippen LogP contribution in [-0.4, -0.2) is 28.7 Å². The molecular formula is C16H15Cl2NO5S. The topological polar surface area (TPSA) is 73.9 Å². The summed E-state index contributed by atoms with van der Waals surface area (Å²) in [6.07, 6.45) is 0.734. The van der Waals surface area contributed by atoms with Crippen LogP contribution in [-0.2, 0) is 10.0 Å². The number of ether oxygens (including phenoxy) is 3. The van der Waals surface area contributed by atoms with Gasteiger partial charge < -0.3 is 14.2 Å². The van der Waals surface area contributed by atoms with Gasteiger partial charge in [0.15, 0.2) is 11.5 Å². The van der Waals surface area contributed by atoms with E-state index in [9.17, 15) is 8.42 Å². The van der Waals surface area contributed by atoms with Gasteiger partial charge in [-0.05, 0) is 18.2 Å². The summed E-state index contributed by atoms with van der Waals surface area (Å²) >= 11 is 12.2. The molecule has 0 saturated heterocycles. The van der Waals surface area contributed by atoms with Crippen LogP contribution in [0.15, 0.2) is 35.2 Å². The van der Waals surface area contributed by atoms with Crippen LogP contribution in [0.2, 0.25) is 10.0 Å². The average molecular weight is 404 g/mol. The maximum Gasteiger partial charge on any atom is 0.261 e. The predicted molar refractivity (Wildman–Crippen MR) is 95.9 cm³/mol. The third kappa shape index (κ3) is 3.89. The fraction of sp³-hybridized carbons (Fsp3) is 0.250. The van der Waals surface area contributed by atoms with E-state index >= 15 is 0 Å². The molecule has 134 valence electrons. The minimum atomic E-state index is -3.89. The van der Waals surface area contributed by atoms with E-state index < -0.39 is 10.0 Å². The molecule has 0 bridgehead atoms. The van der Waals surface area contributed by atoms with E-state index in [1.54, 1.807) is 0 Å². The highest BCUT2D eigenvalue weighted by molar-refractivity contribution is 7.92. The molecule has 2 aromatic rings. The van der Waals surface area contributed by atoms with Gasteiger partial charge >= 0.3 is 0 Å². The molecule has 0 aliphatic carbocycles. The Labute approximate surface area is 155 Å².